The van der Waals surface area contributed by atoms with E-state index in [1.165, 1.54) is 83.2 Å². The maximum Gasteiger partial charge on any atom is 0.247 e. The van der Waals surface area contributed by atoms with Crippen molar-refractivity contribution in [2.45, 2.75) is 84.0 Å². The largest absolute Gasteiger partial charge is 0.456 e. The molecule has 0 radical (unpaired) electrons. The highest BCUT2D eigenvalue weighted by molar-refractivity contribution is 6.99. The smallest absolute Gasteiger partial charge is 0.247 e. The second kappa shape index (κ2) is 11.7. The number of hydrogen-bond donors (Lipinski definition) is 0. The minimum atomic E-state index is -0.507. The van der Waals surface area contributed by atoms with Gasteiger partial charge in [0.05, 0.1) is 5.41 Å². The second-order valence-corrected chi connectivity index (χ2v) is 20.2. The Morgan fingerprint density at radius 3 is 1.71 bits per heavy atom. The third-order valence-corrected chi connectivity index (χ3v) is 13.6. The van der Waals surface area contributed by atoms with Gasteiger partial charge in [0.25, 0.3) is 0 Å². The van der Waals surface area contributed by atoms with Gasteiger partial charge in [-0.05, 0) is 102 Å². The van der Waals surface area contributed by atoms with E-state index in [0.717, 1.165) is 22.2 Å². The van der Waals surface area contributed by atoms with Crippen molar-refractivity contribution in [2.24, 2.45) is 0 Å². The van der Waals surface area contributed by atoms with Crippen LogP contribution in [-0.4, -0.2) is 6.71 Å². The lowest BCUT2D eigenvalue weighted by molar-refractivity contribution is 0.586. The summed E-state index contributed by atoms with van der Waals surface area (Å²) < 4.78 is 6.70. The molecule has 0 N–H and O–H groups in total. The Morgan fingerprint density at radius 2 is 1.05 bits per heavy atom. The first-order valence-corrected chi connectivity index (χ1v) is 21.0. The van der Waals surface area contributed by atoms with Gasteiger partial charge in [-0.25, -0.2) is 0 Å². The predicted molar refractivity (Wildman–Crippen MR) is 246 cm³/mol. The number of furan rings is 1. The molecule has 2 aliphatic heterocycles. The highest BCUT2D eigenvalue weighted by Crippen LogP contribution is 2.58. The molecule has 2 nitrogen and oxygen atoms in total. The van der Waals surface area contributed by atoms with Gasteiger partial charge in [-0.1, -0.05) is 177 Å². The number of fused-ring (bicyclic) bond motifs is 14. The van der Waals surface area contributed by atoms with Crippen molar-refractivity contribution < 1.29 is 4.42 Å². The molecule has 0 fully saturated rings. The van der Waals surface area contributed by atoms with E-state index >= 15 is 0 Å². The Bertz CT molecular complexity index is 2970. The summed E-state index contributed by atoms with van der Waals surface area (Å²) in [4.78, 5) is 2.57. The van der Waals surface area contributed by atoms with Crippen molar-refractivity contribution in [1.82, 2.24) is 0 Å². The first kappa shape index (κ1) is 35.4. The fourth-order valence-electron chi connectivity index (χ4n) is 10.6. The van der Waals surface area contributed by atoms with E-state index < -0.39 is 5.41 Å². The zero-order valence-electron chi connectivity index (χ0n) is 35.2. The Labute approximate surface area is 343 Å². The molecule has 3 aliphatic rings. The van der Waals surface area contributed by atoms with Crippen LogP contribution in [0.1, 0.15) is 101 Å². The van der Waals surface area contributed by atoms with Gasteiger partial charge in [0.1, 0.15) is 11.2 Å². The van der Waals surface area contributed by atoms with Gasteiger partial charge in [-0.2, -0.15) is 0 Å². The first-order chi connectivity index (χ1) is 27.7. The Morgan fingerprint density at radius 1 is 0.448 bits per heavy atom. The van der Waals surface area contributed by atoms with Crippen LogP contribution in [0.5, 0.6) is 0 Å². The highest BCUT2D eigenvalue weighted by Gasteiger charge is 2.55. The number of anilines is 3. The van der Waals surface area contributed by atoms with Crippen LogP contribution >= 0.6 is 0 Å². The fourth-order valence-corrected chi connectivity index (χ4v) is 10.6. The minimum Gasteiger partial charge on any atom is -0.456 e. The molecule has 8 aromatic rings. The van der Waals surface area contributed by atoms with Gasteiger partial charge in [-0.15, -0.1) is 0 Å². The van der Waals surface area contributed by atoms with Crippen LogP contribution in [0, 0.1) is 0 Å². The number of benzene rings is 7. The lowest BCUT2D eigenvalue weighted by atomic mass is 9.29. The number of nitrogens with zero attached hydrogens (tertiary/aromatic N) is 1. The van der Waals surface area contributed by atoms with Crippen LogP contribution in [0.2, 0.25) is 0 Å². The van der Waals surface area contributed by atoms with Crippen molar-refractivity contribution >= 4 is 62.1 Å². The van der Waals surface area contributed by atoms with E-state index in [2.05, 4.69) is 207 Å². The topological polar surface area (TPSA) is 16.4 Å². The zero-order valence-corrected chi connectivity index (χ0v) is 35.2. The van der Waals surface area contributed by atoms with Crippen molar-refractivity contribution in [3.63, 3.8) is 0 Å². The van der Waals surface area contributed by atoms with E-state index in [-0.39, 0.29) is 23.0 Å². The molecule has 1 aromatic heterocycles. The lowest BCUT2D eigenvalue weighted by Crippen LogP contribution is -2.65. The quantitative estimate of drug-likeness (QED) is 0.155. The SMILES string of the molecule is CC(C)(C)c1ccc(N2c3cc4oc5ccccc5c4cc3B3c4cc(C(C)(C)C)ccc4C4(c5ccccc5-c5ccccc54)c4cc(C(C)(C)C)cc2c43)cc1. The predicted octanol–water partition coefficient (Wildman–Crippen LogP) is 12.5. The molecule has 58 heavy (non-hydrogen) atoms. The summed E-state index contributed by atoms with van der Waals surface area (Å²) in [5, 5.41) is 2.32. The number of para-hydroxylation sites is 1. The summed E-state index contributed by atoms with van der Waals surface area (Å²) in [7, 11) is 0. The maximum absolute atomic E-state index is 6.70. The first-order valence-electron chi connectivity index (χ1n) is 21.0. The molecule has 0 bridgehead atoms. The molecule has 11 rings (SSSR count). The lowest BCUT2D eigenvalue weighted by Gasteiger charge is -2.48. The minimum absolute atomic E-state index is 0.0000264. The molecule has 0 saturated heterocycles. The monoisotopic (exact) mass is 751 g/mol. The molecular formula is C55H50BNO. The summed E-state index contributed by atoms with van der Waals surface area (Å²) in [5.74, 6) is 0. The van der Waals surface area contributed by atoms with E-state index in [4.69, 9.17) is 4.42 Å². The Hall–Kier alpha value is -5.80. The molecule has 284 valence electrons. The summed E-state index contributed by atoms with van der Waals surface area (Å²) in [6.45, 7) is 21.0. The third-order valence-electron chi connectivity index (χ3n) is 13.6. The molecule has 1 spiro atoms. The molecule has 1 aliphatic carbocycles. The highest BCUT2D eigenvalue weighted by atomic mass is 16.3. The van der Waals surface area contributed by atoms with Crippen LogP contribution in [0.4, 0.5) is 17.1 Å². The summed E-state index contributed by atoms with van der Waals surface area (Å²) in [6.07, 6.45) is 0. The Kier molecular flexibility index (Phi) is 7.11. The van der Waals surface area contributed by atoms with E-state index in [9.17, 15) is 0 Å². The summed E-state index contributed by atoms with van der Waals surface area (Å²) in [5.41, 5.74) is 21.1. The molecule has 3 heteroatoms. The van der Waals surface area contributed by atoms with Gasteiger partial charge in [-0.3, -0.25) is 0 Å². The molecule has 0 atom stereocenters. The van der Waals surface area contributed by atoms with Crippen LogP contribution in [0.3, 0.4) is 0 Å². The number of rotatable bonds is 1. The van der Waals surface area contributed by atoms with Gasteiger partial charge >= 0.3 is 0 Å². The van der Waals surface area contributed by atoms with Crippen molar-refractivity contribution in [1.29, 1.82) is 0 Å². The summed E-state index contributed by atoms with van der Waals surface area (Å²) >= 11 is 0. The number of hydrogen-bond acceptors (Lipinski definition) is 2. The summed E-state index contributed by atoms with van der Waals surface area (Å²) in [6, 6.07) is 53.7. The van der Waals surface area contributed by atoms with Gasteiger partial charge in [0.2, 0.25) is 6.71 Å². The second-order valence-electron chi connectivity index (χ2n) is 20.2. The zero-order chi connectivity index (χ0) is 40.1. The van der Waals surface area contributed by atoms with E-state index in [0.29, 0.717) is 0 Å². The van der Waals surface area contributed by atoms with Crippen LogP contribution in [-0.2, 0) is 21.7 Å². The third kappa shape index (κ3) is 4.74. The van der Waals surface area contributed by atoms with E-state index in [1.807, 2.05) is 0 Å². The van der Waals surface area contributed by atoms with Crippen molar-refractivity contribution in [2.75, 3.05) is 4.90 Å². The fraction of sp³-hybridized carbons (Fsp3) is 0.236. The molecule has 0 amide bonds. The van der Waals surface area contributed by atoms with Crippen LogP contribution in [0.25, 0.3) is 33.1 Å². The Balaban J connectivity index is 1.35. The van der Waals surface area contributed by atoms with Gasteiger partial charge in [0.15, 0.2) is 0 Å². The average molecular weight is 752 g/mol. The molecule has 3 heterocycles. The van der Waals surface area contributed by atoms with Crippen LogP contribution in [0.15, 0.2) is 144 Å². The normalized spacial score (nSPS) is 15.1. The average Bonchev–Trinajstić information content (AvgIpc) is 3.70. The standard InChI is InChI=1S/C55H50BNO/c1-52(2,3)33-22-25-36(26-23-33)57-47-32-50-40(39-18-12-15-21-49(39)58-50)31-46(47)56-45-29-34(53(4,5)6)24-27-43(45)55(44-28-35(54(7,8)9)30-48(57)51(44)56)41-19-13-10-16-37(41)38-17-11-14-20-42(38)55/h10-32H,1-9H3. The molecule has 0 unspecified atom stereocenters. The molecular weight excluding hydrogens is 701 g/mol. The molecule has 7 aromatic carbocycles. The van der Waals surface area contributed by atoms with Crippen molar-refractivity contribution in [3.05, 3.63) is 178 Å². The van der Waals surface area contributed by atoms with Crippen molar-refractivity contribution in [3.8, 4) is 11.1 Å². The van der Waals surface area contributed by atoms with Crippen LogP contribution < -0.4 is 21.3 Å². The molecule has 0 saturated carbocycles. The van der Waals surface area contributed by atoms with E-state index in [1.54, 1.807) is 0 Å². The van der Waals surface area contributed by atoms with Gasteiger partial charge in [0, 0.05) is 33.9 Å². The maximum atomic E-state index is 6.70. The van der Waals surface area contributed by atoms with Gasteiger partial charge < -0.3 is 9.32 Å².